The maximum absolute atomic E-state index is 12.3. The molecule has 1 aromatic heterocycles. The van der Waals surface area contributed by atoms with Crippen LogP contribution in [0.1, 0.15) is 9.67 Å². The van der Waals surface area contributed by atoms with Gasteiger partial charge < -0.3 is 15.2 Å². The van der Waals surface area contributed by atoms with Crippen molar-refractivity contribution in [2.24, 2.45) is 0 Å². The first kappa shape index (κ1) is 14.3. The van der Waals surface area contributed by atoms with Crippen LogP contribution >= 0.6 is 11.3 Å². The molecular formula is C9H8F3NO4S. The lowest BCUT2D eigenvalue weighted by Crippen LogP contribution is -2.42. The number of alkyl halides is 3. The monoisotopic (exact) mass is 283 g/mol. The molecule has 0 fully saturated rings. The fourth-order valence-corrected chi connectivity index (χ4v) is 1.77. The van der Waals surface area contributed by atoms with Gasteiger partial charge >= 0.3 is 12.6 Å². The van der Waals surface area contributed by atoms with E-state index < -0.39 is 31.2 Å². The number of carbonyl (C=O) groups excluding carboxylic acids is 1. The van der Waals surface area contributed by atoms with Gasteiger partial charge in [0, 0.05) is 0 Å². The average Bonchev–Trinajstić information content (AvgIpc) is 2.72. The van der Waals surface area contributed by atoms with Crippen LogP contribution in [0.4, 0.5) is 13.2 Å². The summed E-state index contributed by atoms with van der Waals surface area (Å²) < 4.78 is 40.3. The number of hydrogen-bond donors (Lipinski definition) is 2. The molecular weight excluding hydrogens is 275 g/mol. The molecule has 1 rings (SSSR count). The largest absolute Gasteiger partial charge is 0.480 e. The number of halogens is 3. The highest BCUT2D eigenvalue weighted by atomic mass is 32.1. The van der Waals surface area contributed by atoms with Crippen molar-refractivity contribution in [1.29, 1.82) is 0 Å². The highest BCUT2D eigenvalue weighted by Crippen LogP contribution is 2.26. The Morgan fingerprint density at radius 2 is 2.17 bits per heavy atom. The molecule has 9 heteroatoms. The summed E-state index contributed by atoms with van der Waals surface area (Å²) in [4.78, 5) is 21.8. The van der Waals surface area contributed by atoms with Crippen LogP contribution in [-0.4, -0.2) is 36.3 Å². The van der Waals surface area contributed by atoms with Crippen molar-refractivity contribution in [2.45, 2.75) is 12.7 Å². The Kier molecular flexibility index (Phi) is 4.95. The zero-order valence-electron chi connectivity index (χ0n) is 8.73. The van der Waals surface area contributed by atoms with Crippen molar-refractivity contribution in [3.8, 4) is 5.75 Å². The van der Waals surface area contributed by atoms with Gasteiger partial charge in [0.25, 0.3) is 5.91 Å². The second kappa shape index (κ2) is 6.24. The molecule has 0 aliphatic rings. The van der Waals surface area contributed by atoms with E-state index in [2.05, 4.69) is 4.74 Å². The zero-order chi connectivity index (χ0) is 13.7. The minimum absolute atomic E-state index is 0.241. The van der Waals surface area contributed by atoms with E-state index in [0.717, 1.165) is 17.4 Å². The van der Waals surface area contributed by atoms with Crippen molar-refractivity contribution in [3.63, 3.8) is 0 Å². The molecule has 0 spiro atoms. The smallest absolute Gasteiger partial charge is 0.387 e. The van der Waals surface area contributed by atoms with E-state index in [9.17, 15) is 22.8 Å². The van der Waals surface area contributed by atoms with Crippen LogP contribution in [0.2, 0.25) is 0 Å². The van der Waals surface area contributed by atoms with E-state index in [1.165, 1.54) is 5.38 Å². The summed E-state index contributed by atoms with van der Waals surface area (Å²) in [5, 5.41) is 11.7. The Labute approximate surface area is 103 Å². The molecule has 100 valence electrons. The first-order valence-electron chi connectivity index (χ1n) is 4.57. The minimum Gasteiger partial charge on any atom is -0.480 e. The molecule has 18 heavy (non-hydrogen) atoms. The lowest BCUT2D eigenvalue weighted by molar-refractivity contribution is -0.139. The fourth-order valence-electron chi connectivity index (χ4n) is 1.04. The lowest BCUT2D eigenvalue weighted by Gasteiger charge is -2.11. The van der Waals surface area contributed by atoms with Crippen LogP contribution in [0.3, 0.4) is 0 Å². The van der Waals surface area contributed by atoms with E-state index in [4.69, 9.17) is 5.11 Å². The molecule has 0 aromatic carbocycles. The van der Waals surface area contributed by atoms with Gasteiger partial charge in [-0.2, -0.15) is 8.78 Å². The molecule has 0 saturated carbocycles. The number of rotatable bonds is 6. The molecule has 0 bridgehead atoms. The third-order valence-corrected chi connectivity index (χ3v) is 2.70. The SMILES string of the molecule is O=C(NC(CF)C(=O)O)c1sccc1OC(F)F. The highest BCUT2D eigenvalue weighted by Gasteiger charge is 2.24. The van der Waals surface area contributed by atoms with Crippen molar-refractivity contribution in [2.75, 3.05) is 6.67 Å². The molecule has 1 unspecified atom stereocenters. The predicted molar refractivity (Wildman–Crippen MR) is 55.8 cm³/mol. The van der Waals surface area contributed by atoms with Gasteiger partial charge in [-0.1, -0.05) is 0 Å². The molecule has 1 amide bonds. The number of aliphatic carboxylic acids is 1. The van der Waals surface area contributed by atoms with Gasteiger partial charge in [-0.05, 0) is 11.4 Å². The summed E-state index contributed by atoms with van der Waals surface area (Å²) in [6.07, 6.45) is 0. The van der Waals surface area contributed by atoms with E-state index in [0.29, 0.717) is 0 Å². The number of carbonyl (C=O) groups is 2. The van der Waals surface area contributed by atoms with Crippen LogP contribution in [0.5, 0.6) is 5.75 Å². The number of hydrogen-bond acceptors (Lipinski definition) is 4. The topological polar surface area (TPSA) is 75.6 Å². The Bertz CT molecular complexity index is 437. The number of thiophene rings is 1. The van der Waals surface area contributed by atoms with Gasteiger partial charge in [0.15, 0.2) is 6.04 Å². The van der Waals surface area contributed by atoms with Crippen LogP contribution < -0.4 is 10.1 Å². The van der Waals surface area contributed by atoms with E-state index in [1.807, 2.05) is 5.32 Å². The van der Waals surface area contributed by atoms with Gasteiger partial charge in [0.05, 0.1) is 0 Å². The summed E-state index contributed by atoms with van der Waals surface area (Å²) in [6, 6.07) is -0.587. The molecule has 0 aliphatic heterocycles. The Balaban J connectivity index is 2.78. The molecule has 1 aromatic rings. The van der Waals surface area contributed by atoms with E-state index >= 15 is 0 Å². The number of carboxylic acid groups (broad SMARTS) is 1. The zero-order valence-corrected chi connectivity index (χ0v) is 9.55. The first-order valence-corrected chi connectivity index (χ1v) is 5.45. The van der Waals surface area contributed by atoms with Crippen molar-refractivity contribution in [1.82, 2.24) is 5.32 Å². The van der Waals surface area contributed by atoms with Crippen LogP contribution in [0.15, 0.2) is 11.4 Å². The molecule has 0 radical (unpaired) electrons. The van der Waals surface area contributed by atoms with E-state index in [-0.39, 0.29) is 10.6 Å². The Hall–Kier alpha value is -1.77. The second-order valence-corrected chi connectivity index (χ2v) is 3.93. The number of ether oxygens (including phenoxy) is 1. The predicted octanol–water partition coefficient (Wildman–Crippen LogP) is 1.50. The number of amides is 1. The standard InChI is InChI=1S/C9H8F3NO4S/c10-3-4(8(15)16)13-7(14)6-5(1-2-18-6)17-9(11)12/h1-2,4,9H,3H2,(H,13,14)(H,15,16). The van der Waals surface area contributed by atoms with E-state index in [1.54, 1.807) is 0 Å². The average molecular weight is 283 g/mol. The number of nitrogens with one attached hydrogen (secondary N) is 1. The molecule has 1 heterocycles. The van der Waals surface area contributed by atoms with Crippen molar-refractivity contribution < 1.29 is 32.6 Å². The quantitative estimate of drug-likeness (QED) is 0.829. The lowest BCUT2D eigenvalue weighted by atomic mass is 10.3. The first-order chi connectivity index (χ1) is 8.45. The summed E-state index contributed by atoms with van der Waals surface area (Å²) in [5.41, 5.74) is 0. The van der Waals surface area contributed by atoms with Crippen molar-refractivity contribution in [3.05, 3.63) is 16.3 Å². The summed E-state index contributed by atoms with van der Waals surface area (Å²) in [7, 11) is 0. The molecule has 1 atom stereocenters. The Morgan fingerprint density at radius 3 is 2.67 bits per heavy atom. The Morgan fingerprint density at radius 1 is 1.50 bits per heavy atom. The summed E-state index contributed by atoms with van der Waals surface area (Å²) >= 11 is 0.778. The second-order valence-electron chi connectivity index (χ2n) is 3.01. The maximum atomic E-state index is 12.3. The maximum Gasteiger partial charge on any atom is 0.387 e. The van der Waals surface area contributed by atoms with Gasteiger partial charge in [0.2, 0.25) is 0 Å². The normalized spacial score (nSPS) is 12.2. The van der Waals surface area contributed by atoms with Crippen LogP contribution in [-0.2, 0) is 4.79 Å². The van der Waals surface area contributed by atoms with Gasteiger partial charge in [-0.3, -0.25) is 4.79 Å². The van der Waals surface area contributed by atoms with Gasteiger partial charge in [-0.15, -0.1) is 11.3 Å². The molecule has 0 saturated heterocycles. The molecule has 0 aliphatic carbocycles. The summed E-state index contributed by atoms with van der Waals surface area (Å²) in [6.45, 7) is -4.42. The van der Waals surface area contributed by atoms with Crippen molar-refractivity contribution >= 4 is 23.2 Å². The third-order valence-electron chi connectivity index (χ3n) is 1.81. The minimum atomic E-state index is -3.11. The van der Waals surface area contributed by atoms with Crippen LogP contribution in [0, 0.1) is 0 Å². The highest BCUT2D eigenvalue weighted by molar-refractivity contribution is 7.12. The molecule has 2 N–H and O–H groups in total. The summed E-state index contributed by atoms with van der Waals surface area (Å²) in [5.74, 6) is -2.92. The third kappa shape index (κ3) is 3.62. The van der Waals surface area contributed by atoms with Gasteiger partial charge in [0.1, 0.15) is 17.3 Å². The number of carboxylic acids is 1. The fraction of sp³-hybridized carbons (Fsp3) is 0.333. The molecule has 5 nitrogen and oxygen atoms in total. The van der Waals surface area contributed by atoms with Gasteiger partial charge in [-0.25, -0.2) is 9.18 Å². The van der Waals surface area contributed by atoms with Crippen LogP contribution in [0.25, 0.3) is 0 Å².